The third-order valence-electron chi connectivity index (χ3n) is 5.19. The van der Waals surface area contributed by atoms with Gasteiger partial charge in [0.1, 0.15) is 0 Å². The van der Waals surface area contributed by atoms with Crippen LogP contribution in [0.25, 0.3) is 0 Å². The fraction of sp³-hybridized carbons (Fsp3) is 1.00. The van der Waals surface area contributed by atoms with Crippen LogP contribution in [0.4, 0.5) is 0 Å². The highest BCUT2D eigenvalue weighted by Crippen LogP contribution is 2.12. The summed E-state index contributed by atoms with van der Waals surface area (Å²) in [7, 11) is 0. The standard InChI is InChI=1S/C23H53N5/c1-6-10-13-24-19-23(5,20-25-14-11-7-2)21-26-15-12-16-27-22-28(17-8-3)18-9-4/h24-27H,6-22H2,1-5H3. The average molecular weight is 400 g/mol. The van der Waals surface area contributed by atoms with Crippen molar-refractivity contribution < 1.29 is 0 Å². The van der Waals surface area contributed by atoms with Gasteiger partial charge in [0.15, 0.2) is 0 Å². The van der Waals surface area contributed by atoms with E-state index in [0.29, 0.717) is 0 Å². The topological polar surface area (TPSA) is 51.4 Å². The van der Waals surface area contributed by atoms with E-state index in [4.69, 9.17) is 0 Å². The smallest absolute Gasteiger partial charge is 0.0480 e. The molecular formula is C23H53N5. The van der Waals surface area contributed by atoms with E-state index >= 15 is 0 Å². The second-order valence-corrected chi connectivity index (χ2v) is 8.68. The Morgan fingerprint density at radius 2 is 1.00 bits per heavy atom. The maximum Gasteiger partial charge on any atom is 0.0480 e. The summed E-state index contributed by atoms with van der Waals surface area (Å²) >= 11 is 0. The van der Waals surface area contributed by atoms with Crippen molar-refractivity contribution in [2.75, 3.05) is 65.6 Å². The first kappa shape index (κ1) is 27.8. The third kappa shape index (κ3) is 16.7. The minimum Gasteiger partial charge on any atom is -0.316 e. The highest BCUT2D eigenvalue weighted by molar-refractivity contribution is 4.82. The fourth-order valence-electron chi connectivity index (χ4n) is 3.44. The summed E-state index contributed by atoms with van der Waals surface area (Å²) in [5.41, 5.74) is 0.272. The molecule has 0 fully saturated rings. The predicted octanol–water partition coefficient (Wildman–Crippen LogP) is 3.42. The van der Waals surface area contributed by atoms with Crippen LogP contribution in [0.15, 0.2) is 0 Å². The van der Waals surface area contributed by atoms with E-state index in [9.17, 15) is 0 Å². The van der Waals surface area contributed by atoms with E-state index in [1.165, 1.54) is 58.0 Å². The van der Waals surface area contributed by atoms with Crippen LogP contribution in [-0.2, 0) is 0 Å². The molecule has 0 aliphatic heterocycles. The zero-order valence-electron chi connectivity index (χ0n) is 20.0. The van der Waals surface area contributed by atoms with Gasteiger partial charge >= 0.3 is 0 Å². The van der Waals surface area contributed by atoms with Crippen molar-refractivity contribution in [3.63, 3.8) is 0 Å². The van der Waals surface area contributed by atoms with E-state index in [-0.39, 0.29) is 5.41 Å². The van der Waals surface area contributed by atoms with Gasteiger partial charge in [-0.3, -0.25) is 4.90 Å². The molecule has 0 aromatic heterocycles. The largest absolute Gasteiger partial charge is 0.316 e. The molecule has 0 aliphatic carbocycles. The Morgan fingerprint density at radius 1 is 0.571 bits per heavy atom. The van der Waals surface area contributed by atoms with Crippen molar-refractivity contribution in [1.82, 2.24) is 26.2 Å². The zero-order chi connectivity index (χ0) is 20.9. The van der Waals surface area contributed by atoms with Gasteiger partial charge in [0.05, 0.1) is 0 Å². The maximum absolute atomic E-state index is 3.71. The Kier molecular flexibility index (Phi) is 19.9. The lowest BCUT2D eigenvalue weighted by Crippen LogP contribution is -2.47. The van der Waals surface area contributed by atoms with Gasteiger partial charge < -0.3 is 21.3 Å². The van der Waals surface area contributed by atoms with Crippen molar-refractivity contribution in [2.24, 2.45) is 5.41 Å². The van der Waals surface area contributed by atoms with E-state index in [1.54, 1.807) is 0 Å². The van der Waals surface area contributed by atoms with Crippen LogP contribution >= 0.6 is 0 Å². The fourth-order valence-corrected chi connectivity index (χ4v) is 3.44. The van der Waals surface area contributed by atoms with Crippen molar-refractivity contribution in [3.05, 3.63) is 0 Å². The van der Waals surface area contributed by atoms with Gasteiger partial charge in [-0.25, -0.2) is 0 Å². The monoisotopic (exact) mass is 399 g/mol. The Morgan fingerprint density at radius 3 is 1.43 bits per heavy atom. The van der Waals surface area contributed by atoms with Gasteiger partial charge in [-0.1, -0.05) is 47.5 Å². The molecule has 0 aromatic carbocycles. The van der Waals surface area contributed by atoms with E-state index in [0.717, 1.165) is 52.5 Å². The summed E-state index contributed by atoms with van der Waals surface area (Å²) in [6.45, 7) is 22.6. The number of nitrogens with one attached hydrogen (secondary N) is 4. The normalized spacial score (nSPS) is 12.2. The van der Waals surface area contributed by atoms with E-state index in [1.807, 2.05) is 0 Å². The molecular weight excluding hydrogens is 346 g/mol. The number of unbranched alkanes of at least 4 members (excludes halogenated alkanes) is 2. The summed E-state index contributed by atoms with van der Waals surface area (Å²) < 4.78 is 0. The SMILES string of the molecule is CCCCNCC(C)(CNCCCC)CNCCCNCN(CCC)CCC. The molecule has 0 saturated heterocycles. The molecule has 0 atom stereocenters. The molecule has 0 bridgehead atoms. The molecule has 0 saturated carbocycles. The highest BCUT2D eigenvalue weighted by Gasteiger charge is 2.23. The maximum atomic E-state index is 3.71. The van der Waals surface area contributed by atoms with Gasteiger partial charge in [-0.2, -0.15) is 0 Å². The minimum absolute atomic E-state index is 0.272. The van der Waals surface area contributed by atoms with Gasteiger partial charge in [0.25, 0.3) is 0 Å². The molecule has 0 amide bonds. The lowest BCUT2D eigenvalue weighted by atomic mass is 9.90. The molecule has 0 aliphatic rings. The first-order valence-electron chi connectivity index (χ1n) is 12.2. The molecule has 0 spiro atoms. The molecule has 0 unspecified atom stereocenters. The van der Waals surface area contributed by atoms with Crippen LogP contribution in [0.5, 0.6) is 0 Å². The van der Waals surface area contributed by atoms with Gasteiger partial charge in [0.2, 0.25) is 0 Å². The van der Waals surface area contributed by atoms with Crippen molar-refractivity contribution >= 4 is 0 Å². The van der Waals surface area contributed by atoms with Crippen LogP contribution in [0.3, 0.4) is 0 Å². The molecule has 0 radical (unpaired) electrons. The lowest BCUT2D eigenvalue weighted by molar-refractivity contribution is 0.251. The predicted molar refractivity (Wildman–Crippen MR) is 126 cm³/mol. The van der Waals surface area contributed by atoms with Gasteiger partial charge in [0, 0.05) is 31.7 Å². The lowest BCUT2D eigenvalue weighted by Gasteiger charge is -2.31. The first-order chi connectivity index (χ1) is 13.6. The summed E-state index contributed by atoms with van der Waals surface area (Å²) in [5, 5.41) is 14.7. The summed E-state index contributed by atoms with van der Waals surface area (Å²) in [6, 6.07) is 0. The van der Waals surface area contributed by atoms with Crippen LogP contribution in [-0.4, -0.2) is 70.5 Å². The number of hydrogen-bond donors (Lipinski definition) is 4. The third-order valence-corrected chi connectivity index (χ3v) is 5.19. The van der Waals surface area contributed by atoms with Crippen LogP contribution in [0.2, 0.25) is 0 Å². The van der Waals surface area contributed by atoms with Crippen molar-refractivity contribution in [3.8, 4) is 0 Å². The first-order valence-corrected chi connectivity index (χ1v) is 12.2. The second-order valence-electron chi connectivity index (χ2n) is 8.68. The van der Waals surface area contributed by atoms with Crippen LogP contribution in [0.1, 0.15) is 79.6 Å². The summed E-state index contributed by atoms with van der Waals surface area (Å²) in [4.78, 5) is 2.52. The van der Waals surface area contributed by atoms with Crippen molar-refractivity contribution in [2.45, 2.75) is 79.6 Å². The zero-order valence-corrected chi connectivity index (χ0v) is 20.0. The molecule has 4 N–H and O–H groups in total. The molecule has 0 aromatic rings. The van der Waals surface area contributed by atoms with Gasteiger partial charge in [-0.15, -0.1) is 0 Å². The summed E-state index contributed by atoms with van der Waals surface area (Å²) in [6.07, 6.45) is 8.72. The summed E-state index contributed by atoms with van der Waals surface area (Å²) in [5.74, 6) is 0. The van der Waals surface area contributed by atoms with Gasteiger partial charge in [-0.05, 0) is 71.4 Å². The molecule has 170 valence electrons. The Bertz CT molecular complexity index is 293. The molecule has 28 heavy (non-hydrogen) atoms. The number of nitrogens with zero attached hydrogens (tertiary/aromatic N) is 1. The van der Waals surface area contributed by atoms with E-state index in [2.05, 4.69) is 60.8 Å². The average Bonchev–Trinajstić information content (AvgIpc) is 2.68. The number of hydrogen-bond acceptors (Lipinski definition) is 5. The molecule has 0 heterocycles. The quantitative estimate of drug-likeness (QED) is 0.166. The highest BCUT2D eigenvalue weighted by atomic mass is 15.2. The molecule has 5 nitrogen and oxygen atoms in total. The van der Waals surface area contributed by atoms with Crippen LogP contribution in [0, 0.1) is 5.41 Å². The second kappa shape index (κ2) is 20.1. The Balaban J connectivity index is 4.00. The minimum atomic E-state index is 0.272. The Labute approximate surface area is 177 Å². The number of rotatable bonds is 22. The Hall–Kier alpha value is -0.200. The van der Waals surface area contributed by atoms with Crippen LogP contribution < -0.4 is 21.3 Å². The molecule has 0 rings (SSSR count). The molecule has 5 heteroatoms. The van der Waals surface area contributed by atoms with E-state index < -0.39 is 0 Å². The van der Waals surface area contributed by atoms with Crippen molar-refractivity contribution in [1.29, 1.82) is 0 Å².